The average Bonchev–Trinajstić information content (AvgIpc) is 3.89. The molecule has 0 radical (unpaired) electrons. The Morgan fingerprint density at radius 1 is 1.18 bits per heavy atom. The first-order valence-corrected chi connectivity index (χ1v) is 15.8. The molecule has 1 saturated carbocycles. The molecule has 3 heterocycles. The number of aryl methyl sites for hydroxylation is 1. The van der Waals surface area contributed by atoms with Crippen LogP contribution < -0.4 is 14.5 Å². The Labute approximate surface area is 260 Å². The Hall–Kier alpha value is -4.16. The van der Waals surface area contributed by atoms with Gasteiger partial charge >= 0.3 is 6.01 Å². The van der Waals surface area contributed by atoms with Crippen LogP contribution in [-0.2, 0) is 17.8 Å². The van der Waals surface area contributed by atoms with Crippen LogP contribution in [0.3, 0.4) is 0 Å². The minimum absolute atomic E-state index is 0.127. The van der Waals surface area contributed by atoms with Gasteiger partial charge in [-0.3, -0.25) is 4.79 Å². The lowest BCUT2D eigenvalue weighted by Gasteiger charge is -2.41. The van der Waals surface area contributed by atoms with Crippen molar-refractivity contribution in [1.82, 2.24) is 19.8 Å². The van der Waals surface area contributed by atoms with Gasteiger partial charge in [0, 0.05) is 55.4 Å². The third kappa shape index (κ3) is 6.09. The maximum Gasteiger partial charge on any atom is 0.318 e. The molecule has 44 heavy (non-hydrogen) atoms. The van der Waals surface area contributed by atoms with Gasteiger partial charge in [0.05, 0.1) is 12.2 Å². The summed E-state index contributed by atoms with van der Waals surface area (Å²) in [5.74, 6) is 1.54. The molecule has 0 N–H and O–H groups in total. The van der Waals surface area contributed by atoms with E-state index < -0.39 is 0 Å². The Morgan fingerprint density at radius 2 is 1.98 bits per heavy atom. The monoisotopic (exact) mass is 593 g/mol. The SMILES string of the molecule is [C-]#[N+]C[C@H]1CN(c2nc(OCCN(C)[C@H](C)C3CC3)nc3c2CCN(c2cccc4cccc(C)c24)C3)CCN1C(=O)C=C. The van der Waals surface area contributed by atoms with Gasteiger partial charge in [-0.15, -0.1) is 0 Å². The summed E-state index contributed by atoms with van der Waals surface area (Å²) in [7, 11) is 2.16. The van der Waals surface area contributed by atoms with E-state index in [-0.39, 0.29) is 18.5 Å². The van der Waals surface area contributed by atoms with E-state index in [9.17, 15) is 4.79 Å². The maximum atomic E-state index is 12.6. The van der Waals surface area contributed by atoms with Gasteiger partial charge < -0.3 is 29.2 Å². The highest BCUT2D eigenvalue weighted by atomic mass is 16.5. The molecule has 6 rings (SSSR count). The predicted molar refractivity (Wildman–Crippen MR) is 175 cm³/mol. The molecule has 1 aromatic heterocycles. The van der Waals surface area contributed by atoms with Gasteiger partial charge in [0.25, 0.3) is 0 Å². The van der Waals surface area contributed by atoms with E-state index in [0.29, 0.717) is 44.8 Å². The number of piperazine rings is 1. The van der Waals surface area contributed by atoms with Gasteiger partial charge in [-0.05, 0) is 69.2 Å². The van der Waals surface area contributed by atoms with Crippen LogP contribution in [0.15, 0.2) is 49.1 Å². The lowest BCUT2D eigenvalue weighted by atomic mass is 9.99. The summed E-state index contributed by atoms with van der Waals surface area (Å²) < 4.78 is 6.27. The summed E-state index contributed by atoms with van der Waals surface area (Å²) in [5.41, 5.74) is 4.60. The Balaban J connectivity index is 1.30. The number of anilines is 2. The van der Waals surface area contributed by atoms with Crippen LogP contribution in [0.5, 0.6) is 6.01 Å². The molecule has 0 bridgehead atoms. The Morgan fingerprint density at radius 3 is 2.73 bits per heavy atom. The zero-order valence-corrected chi connectivity index (χ0v) is 26.2. The fourth-order valence-electron chi connectivity index (χ4n) is 6.83. The van der Waals surface area contributed by atoms with Crippen LogP contribution in [-0.4, -0.2) is 90.7 Å². The first-order chi connectivity index (χ1) is 21.4. The summed E-state index contributed by atoms with van der Waals surface area (Å²) in [6.07, 6.45) is 4.77. The summed E-state index contributed by atoms with van der Waals surface area (Å²) in [4.78, 5) is 35.0. The molecule has 2 fully saturated rings. The lowest BCUT2D eigenvalue weighted by molar-refractivity contribution is -0.128. The van der Waals surface area contributed by atoms with E-state index >= 15 is 0 Å². The minimum atomic E-state index is -0.224. The Bertz CT molecular complexity index is 1570. The van der Waals surface area contributed by atoms with Crippen molar-refractivity contribution in [2.75, 3.05) is 62.7 Å². The van der Waals surface area contributed by atoms with Crippen molar-refractivity contribution in [3.8, 4) is 6.01 Å². The van der Waals surface area contributed by atoms with Crippen LogP contribution in [0.4, 0.5) is 11.5 Å². The van der Waals surface area contributed by atoms with Gasteiger partial charge in [0.15, 0.2) is 0 Å². The standard InChI is InChI=1S/C35H43N7O2/c1-6-32(43)42-18-17-41(22-28(42)21-36-4)34-29-15-16-40(31-12-8-11-27-10-7-9-24(2)33(27)31)23-30(29)37-35(38-34)44-20-19-39(5)25(3)26-13-14-26/h6-12,25-26,28H,1,13-23H2,2-3,5H3/t25-,28+/m1/s1. The topological polar surface area (TPSA) is 69.4 Å². The predicted octanol–water partition coefficient (Wildman–Crippen LogP) is 4.73. The van der Waals surface area contributed by atoms with Crippen molar-refractivity contribution in [2.45, 2.75) is 51.7 Å². The van der Waals surface area contributed by atoms with Crippen LogP contribution in [0, 0.1) is 19.4 Å². The molecule has 1 saturated heterocycles. The number of ether oxygens (including phenoxy) is 1. The smallest absolute Gasteiger partial charge is 0.318 e. The zero-order chi connectivity index (χ0) is 30.8. The van der Waals surface area contributed by atoms with E-state index in [1.807, 2.05) is 0 Å². The number of carbonyl (C=O) groups is 1. The van der Waals surface area contributed by atoms with E-state index in [0.717, 1.165) is 42.5 Å². The summed E-state index contributed by atoms with van der Waals surface area (Å²) in [5, 5.41) is 2.52. The normalized spacial score (nSPS) is 19.1. The molecule has 0 spiro atoms. The number of hydrogen-bond acceptors (Lipinski definition) is 7. The second kappa shape index (κ2) is 12.8. The fraction of sp³-hybridized carbons (Fsp3) is 0.486. The first-order valence-electron chi connectivity index (χ1n) is 15.8. The van der Waals surface area contributed by atoms with Crippen LogP contribution in [0.2, 0.25) is 0 Å². The quantitative estimate of drug-likeness (QED) is 0.249. The summed E-state index contributed by atoms with van der Waals surface area (Å²) >= 11 is 0. The van der Waals surface area contributed by atoms with E-state index in [1.165, 1.54) is 40.9 Å². The van der Waals surface area contributed by atoms with E-state index in [4.69, 9.17) is 21.3 Å². The minimum Gasteiger partial charge on any atom is -0.462 e. The molecule has 9 nitrogen and oxygen atoms in total. The highest BCUT2D eigenvalue weighted by Gasteiger charge is 2.35. The zero-order valence-electron chi connectivity index (χ0n) is 26.2. The summed E-state index contributed by atoms with van der Waals surface area (Å²) in [6.45, 7) is 20.4. The van der Waals surface area contributed by atoms with Crippen molar-refractivity contribution in [3.63, 3.8) is 0 Å². The van der Waals surface area contributed by atoms with E-state index in [2.05, 4.69) is 83.4 Å². The molecular weight excluding hydrogens is 550 g/mol. The molecule has 2 aromatic carbocycles. The summed E-state index contributed by atoms with van der Waals surface area (Å²) in [6, 6.07) is 13.7. The lowest BCUT2D eigenvalue weighted by Crippen LogP contribution is -2.56. The number of carbonyl (C=O) groups excluding carboxylic acids is 1. The molecule has 230 valence electrons. The molecule has 0 unspecified atom stereocenters. The van der Waals surface area contributed by atoms with E-state index in [1.54, 1.807) is 4.90 Å². The number of rotatable bonds is 10. The van der Waals surface area contributed by atoms with Crippen molar-refractivity contribution in [1.29, 1.82) is 0 Å². The van der Waals surface area contributed by atoms with Crippen LogP contribution >= 0.6 is 0 Å². The third-order valence-corrected chi connectivity index (χ3v) is 9.67. The Kier molecular flexibility index (Phi) is 8.72. The highest BCUT2D eigenvalue weighted by Crippen LogP contribution is 2.36. The highest BCUT2D eigenvalue weighted by molar-refractivity contribution is 5.97. The number of likely N-dealkylation sites (N-methyl/N-ethyl adjacent to an activating group) is 1. The molecule has 3 aromatic rings. The fourth-order valence-corrected chi connectivity index (χ4v) is 6.83. The van der Waals surface area contributed by atoms with Crippen molar-refractivity contribution >= 4 is 28.2 Å². The maximum absolute atomic E-state index is 12.6. The molecule has 1 amide bonds. The first kappa shape index (κ1) is 29.9. The number of aromatic nitrogens is 2. The second-order valence-electron chi connectivity index (χ2n) is 12.5. The largest absolute Gasteiger partial charge is 0.462 e. The molecular formula is C35H43N7O2. The number of fused-ring (bicyclic) bond motifs is 2. The van der Waals surface area contributed by atoms with Gasteiger partial charge in [-0.25, -0.2) is 6.57 Å². The van der Waals surface area contributed by atoms with Crippen LogP contribution in [0.1, 0.15) is 36.6 Å². The van der Waals surface area contributed by atoms with Gasteiger partial charge in [-0.2, -0.15) is 9.97 Å². The van der Waals surface area contributed by atoms with Gasteiger partial charge in [0.1, 0.15) is 18.5 Å². The molecule has 1 aliphatic carbocycles. The van der Waals surface area contributed by atoms with Crippen LogP contribution in [0.25, 0.3) is 15.6 Å². The number of benzene rings is 2. The van der Waals surface area contributed by atoms with Crippen molar-refractivity contribution in [2.24, 2.45) is 5.92 Å². The van der Waals surface area contributed by atoms with Crippen molar-refractivity contribution < 1.29 is 9.53 Å². The second-order valence-corrected chi connectivity index (χ2v) is 12.5. The molecule has 9 heteroatoms. The van der Waals surface area contributed by atoms with Gasteiger partial charge in [0.2, 0.25) is 12.5 Å². The van der Waals surface area contributed by atoms with Crippen molar-refractivity contribution in [3.05, 3.63) is 77.3 Å². The number of amides is 1. The molecule has 2 aliphatic heterocycles. The number of hydrogen-bond donors (Lipinski definition) is 0. The number of nitrogens with zero attached hydrogens (tertiary/aromatic N) is 7. The third-order valence-electron chi connectivity index (χ3n) is 9.67. The van der Waals surface area contributed by atoms with Gasteiger partial charge in [-0.1, -0.05) is 36.9 Å². The molecule has 3 aliphatic rings. The average molecular weight is 594 g/mol. The molecule has 2 atom stereocenters.